The van der Waals surface area contributed by atoms with E-state index in [-0.39, 0.29) is 23.2 Å². The summed E-state index contributed by atoms with van der Waals surface area (Å²) in [5, 5.41) is 12.4. The van der Waals surface area contributed by atoms with Crippen molar-refractivity contribution >= 4 is 23.5 Å². The molecule has 1 aliphatic rings. The van der Waals surface area contributed by atoms with Crippen LogP contribution in [-0.2, 0) is 0 Å². The Morgan fingerprint density at radius 3 is 2.62 bits per heavy atom. The third-order valence-electron chi connectivity index (χ3n) is 4.45. The Labute approximate surface area is 167 Å². The lowest BCUT2D eigenvalue weighted by atomic mass is 10.1. The van der Waals surface area contributed by atoms with Gasteiger partial charge in [0.15, 0.2) is 5.76 Å². The number of phenols is 1. The van der Waals surface area contributed by atoms with Gasteiger partial charge >= 0.3 is 0 Å². The minimum Gasteiger partial charge on any atom is -0.508 e. The summed E-state index contributed by atoms with van der Waals surface area (Å²) >= 11 is 0. The van der Waals surface area contributed by atoms with Gasteiger partial charge in [0, 0.05) is 17.3 Å². The fourth-order valence-corrected chi connectivity index (χ4v) is 2.98. The second-order valence-electron chi connectivity index (χ2n) is 6.43. The predicted molar refractivity (Wildman–Crippen MR) is 108 cm³/mol. The van der Waals surface area contributed by atoms with E-state index in [4.69, 9.17) is 9.47 Å². The molecule has 2 N–H and O–H groups in total. The molecule has 1 heterocycles. The maximum atomic E-state index is 12.5. The maximum Gasteiger partial charge on any atom is 0.255 e. The number of methoxy groups -OCH3 is 1. The number of aromatic hydroxyl groups is 1. The molecule has 3 aromatic rings. The first kappa shape index (κ1) is 18.3. The number of phenolic OH excluding ortho intramolecular Hbond substituents is 1. The SMILES string of the molecule is COc1ccc(C(=O)Nc2cccc(C=C3Oc4cc(O)ccc4C3=O)c2)cc1. The van der Waals surface area contributed by atoms with Gasteiger partial charge < -0.3 is 19.9 Å². The molecule has 0 aliphatic carbocycles. The van der Waals surface area contributed by atoms with E-state index in [1.165, 1.54) is 18.2 Å². The van der Waals surface area contributed by atoms with Gasteiger partial charge in [0.2, 0.25) is 5.78 Å². The molecule has 1 amide bonds. The number of Topliss-reactive ketones (excluding diaryl/α,β-unsaturated/α-hetero) is 1. The van der Waals surface area contributed by atoms with Crippen molar-refractivity contribution in [1.29, 1.82) is 0 Å². The van der Waals surface area contributed by atoms with Crippen LogP contribution >= 0.6 is 0 Å². The number of amides is 1. The molecular weight excluding hydrogens is 370 g/mol. The van der Waals surface area contributed by atoms with Crippen LogP contribution in [0.1, 0.15) is 26.3 Å². The molecule has 0 saturated carbocycles. The van der Waals surface area contributed by atoms with E-state index in [1.807, 2.05) is 0 Å². The third-order valence-corrected chi connectivity index (χ3v) is 4.45. The highest BCUT2D eigenvalue weighted by molar-refractivity contribution is 6.14. The Bertz CT molecular complexity index is 1130. The first-order chi connectivity index (χ1) is 14.0. The van der Waals surface area contributed by atoms with Crippen molar-refractivity contribution in [3.8, 4) is 17.2 Å². The summed E-state index contributed by atoms with van der Waals surface area (Å²) in [5.41, 5.74) is 2.18. The molecule has 6 nitrogen and oxygen atoms in total. The first-order valence-corrected chi connectivity index (χ1v) is 8.86. The van der Waals surface area contributed by atoms with Crippen molar-refractivity contribution in [3.05, 3.63) is 89.2 Å². The molecule has 0 bridgehead atoms. The maximum absolute atomic E-state index is 12.5. The van der Waals surface area contributed by atoms with Gasteiger partial charge in [-0.3, -0.25) is 9.59 Å². The van der Waals surface area contributed by atoms with Gasteiger partial charge in [0.05, 0.1) is 12.7 Å². The van der Waals surface area contributed by atoms with E-state index in [0.29, 0.717) is 33.9 Å². The summed E-state index contributed by atoms with van der Waals surface area (Å²) in [6, 6.07) is 18.2. The third kappa shape index (κ3) is 3.82. The minimum atomic E-state index is -0.257. The number of rotatable bonds is 4. The number of hydrogen-bond donors (Lipinski definition) is 2. The molecule has 0 radical (unpaired) electrons. The van der Waals surface area contributed by atoms with E-state index in [0.717, 1.165) is 0 Å². The van der Waals surface area contributed by atoms with Crippen LogP contribution in [0.25, 0.3) is 6.08 Å². The molecule has 0 spiro atoms. The molecule has 144 valence electrons. The highest BCUT2D eigenvalue weighted by Gasteiger charge is 2.27. The topological polar surface area (TPSA) is 84.9 Å². The van der Waals surface area contributed by atoms with Crippen LogP contribution < -0.4 is 14.8 Å². The first-order valence-electron chi connectivity index (χ1n) is 8.86. The van der Waals surface area contributed by atoms with Crippen molar-refractivity contribution < 1.29 is 24.2 Å². The molecule has 0 atom stereocenters. The zero-order valence-corrected chi connectivity index (χ0v) is 15.5. The zero-order valence-electron chi connectivity index (χ0n) is 15.5. The number of allylic oxidation sites excluding steroid dienone is 1. The fraction of sp³-hybridized carbons (Fsp3) is 0.0435. The fourth-order valence-electron chi connectivity index (χ4n) is 2.98. The number of hydrogen-bond acceptors (Lipinski definition) is 5. The predicted octanol–water partition coefficient (Wildman–Crippen LogP) is 4.27. The van der Waals surface area contributed by atoms with Gasteiger partial charge in [-0.25, -0.2) is 0 Å². The number of carbonyl (C=O) groups is 2. The smallest absolute Gasteiger partial charge is 0.255 e. The highest BCUT2D eigenvalue weighted by atomic mass is 16.5. The van der Waals surface area contributed by atoms with Crippen molar-refractivity contribution in [2.24, 2.45) is 0 Å². The second kappa shape index (κ2) is 7.52. The van der Waals surface area contributed by atoms with Crippen LogP contribution in [0.3, 0.4) is 0 Å². The van der Waals surface area contributed by atoms with E-state index < -0.39 is 0 Å². The summed E-state index contributed by atoms with van der Waals surface area (Å²) in [7, 11) is 1.56. The quantitative estimate of drug-likeness (QED) is 0.653. The van der Waals surface area contributed by atoms with Gasteiger partial charge in [-0.05, 0) is 60.2 Å². The van der Waals surface area contributed by atoms with Crippen molar-refractivity contribution in [1.82, 2.24) is 0 Å². The molecule has 0 aromatic heterocycles. The van der Waals surface area contributed by atoms with Gasteiger partial charge in [0.25, 0.3) is 5.91 Å². The normalized spacial score (nSPS) is 13.7. The van der Waals surface area contributed by atoms with Gasteiger partial charge in [-0.2, -0.15) is 0 Å². The molecule has 0 unspecified atom stereocenters. The average molecular weight is 387 g/mol. The van der Waals surface area contributed by atoms with Crippen molar-refractivity contribution in [2.45, 2.75) is 0 Å². The largest absolute Gasteiger partial charge is 0.508 e. The zero-order chi connectivity index (χ0) is 20.4. The molecule has 29 heavy (non-hydrogen) atoms. The number of carbonyl (C=O) groups excluding carboxylic acids is 2. The molecule has 6 heteroatoms. The van der Waals surface area contributed by atoms with Gasteiger partial charge in [-0.15, -0.1) is 0 Å². The lowest BCUT2D eigenvalue weighted by molar-refractivity contribution is 0.101. The Balaban J connectivity index is 1.52. The standard InChI is InChI=1S/C23H17NO5/c1-28-18-8-5-15(6-9-18)23(27)24-16-4-2-3-14(11-16)12-21-22(26)19-10-7-17(25)13-20(19)29-21/h2-13,25H,1H3,(H,24,27). The summed E-state index contributed by atoms with van der Waals surface area (Å²) in [5.74, 6) is 0.669. The van der Waals surface area contributed by atoms with E-state index in [1.54, 1.807) is 61.7 Å². The average Bonchev–Trinajstić information content (AvgIpc) is 3.02. The van der Waals surface area contributed by atoms with Crippen molar-refractivity contribution in [2.75, 3.05) is 12.4 Å². The number of ketones is 1. The molecule has 4 rings (SSSR count). The lowest BCUT2D eigenvalue weighted by Crippen LogP contribution is -2.11. The van der Waals surface area contributed by atoms with Crippen LogP contribution in [0.15, 0.2) is 72.5 Å². The van der Waals surface area contributed by atoms with Crippen LogP contribution in [0.4, 0.5) is 5.69 Å². The molecular formula is C23H17NO5. The summed E-state index contributed by atoms with van der Waals surface area (Å²) in [6.07, 6.45) is 1.60. The highest BCUT2D eigenvalue weighted by Crippen LogP contribution is 2.34. The molecule has 1 aliphatic heterocycles. The van der Waals surface area contributed by atoms with Crippen LogP contribution in [0.5, 0.6) is 17.2 Å². The van der Waals surface area contributed by atoms with E-state index >= 15 is 0 Å². The summed E-state index contributed by atoms with van der Waals surface area (Å²) in [6.45, 7) is 0. The van der Waals surface area contributed by atoms with E-state index in [9.17, 15) is 14.7 Å². The lowest BCUT2D eigenvalue weighted by Gasteiger charge is -2.07. The monoisotopic (exact) mass is 387 g/mol. The summed E-state index contributed by atoms with van der Waals surface area (Å²) < 4.78 is 10.7. The Morgan fingerprint density at radius 2 is 1.86 bits per heavy atom. The number of ether oxygens (including phenoxy) is 2. The Morgan fingerprint density at radius 1 is 1.07 bits per heavy atom. The van der Waals surface area contributed by atoms with Gasteiger partial charge in [0.1, 0.15) is 17.2 Å². The van der Waals surface area contributed by atoms with Crippen LogP contribution in [0, 0.1) is 0 Å². The van der Waals surface area contributed by atoms with Crippen LogP contribution in [-0.4, -0.2) is 23.9 Å². The Hall–Kier alpha value is -4.06. The Kier molecular flexibility index (Phi) is 4.75. The molecule has 3 aromatic carbocycles. The molecule has 0 fully saturated rings. The minimum absolute atomic E-state index is 0.0287. The second-order valence-corrected chi connectivity index (χ2v) is 6.43. The van der Waals surface area contributed by atoms with Gasteiger partial charge in [-0.1, -0.05) is 12.1 Å². The number of fused-ring (bicyclic) bond motifs is 1. The summed E-state index contributed by atoms with van der Waals surface area (Å²) in [4.78, 5) is 24.9. The number of anilines is 1. The number of nitrogens with one attached hydrogen (secondary N) is 1. The van der Waals surface area contributed by atoms with Crippen molar-refractivity contribution in [3.63, 3.8) is 0 Å². The molecule has 0 saturated heterocycles. The van der Waals surface area contributed by atoms with E-state index in [2.05, 4.69) is 5.32 Å². The van der Waals surface area contributed by atoms with Crippen LogP contribution in [0.2, 0.25) is 0 Å². The number of benzene rings is 3.